The number of carbonyl (C=O) groups excluding carboxylic acids is 3. The van der Waals surface area contributed by atoms with Crippen LogP contribution in [-0.2, 0) is 20.8 Å². The second-order valence-corrected chi connectivity index (χ2v) is 11.6. The van der Waals surface area contributed by atoms with Crippen molar-refractivity contribution in [2.75, 3.05) is 13.1 Å². The molecule has 2 aromatic carbocycles. The fraction of sp³-hybridized carbons (Fsp3) is 0.467. The molecule has 0 bridgehead atoms. The number of nitrogens with one attached hydrogen (secondary N) is 2. The fourth-order valence-electron chi connectivity index (χ4n) is 4.90. The zero-order chi connectivity index (χ0) is 32.1. The number of amides is 3. The zero-order valence-electron chi connectivity index (χ0n) is 24.0. The van der Waals surface area contributed by atoms with Crippen molar-refractivity contribution in [2.45, 2.75) is 70.6 Å². The summed E-state index contributed by atoms with van der Waals surface area (Å²) in [5.74, 6) is -6.75. The molecule has 0 aromatic heterocycles. The Morgan fingerprint density at radius 1 is 1.05 bits per heavy atom. The van der Waals surface area contributed by atoms with Crippen LogP contribution < -0.4 is 10.6 Å². The lowest BCUT2D eigenvalue weighted by Gasteiger charge is -2.32. The van der Waals surface area contributed by atoms with Crippen molar-refractivity contribution in [3.8, 4) is 0 Å². The van der Waals surface area contributed by atoms with Crippen molar-refractivity contribution in [1.29, 1.82) is 0 Å². The number of benzene rings is 2. The molecular weight excluding hydrogens is 574 g/mol. The molecule has 1 saturated heterocycles. The number of rotatable bonds is 11. The Kier molecular flexibility index (Phi) is 10.9. The number of carbonyl (C=O) groups is 4. The van der Waals surface area contributed by atoms with Crippen molar-refractivity contribution < 1.29 is 47.0 Å². The molecule has 9 nitrogen and oxygen atoms in total. The standard InChI is InChI=1S/C30H35F4N3O6/c1-30(2,3)25(38)28(41)37-15-18(16-7-5-4-6-8-16)13-23(37)27(40)36-22(14-24(33)34)26(39)35-10-9-19-20(31)11-17(29(42)43)12-21(19)32/h4-8,11-12,18,22-25,38H,9-10,13-15H2,1-3H3,(H,35,39)(H,36,40)(H,42,43)/t18-,22+,23+,25-/m1/s1. The molecule has 4 N–H and O–H groups in total. The minimum absolute atomic E-state index is 0.0809. The third-order valence-corrected chi connectivity index (χ3v) is 7.32. The highest BCUT2D eigenvalue weighted by atomic mass is 19.3. The van der Waals surface area contributed by atoms with E-state index in [4.69, 9.17) is 5.11 Å². The maximum absolute atomic E-state index is 14.2. The summed E-state index contributed by atoms with van der Waals surface area (Å²) < 4.78 is 55.3. The smallest absolute Gasteiger partial charge is 0.335 e. The average molecular weight is 610 g/mol. The van der Waals surface area contributed by atoms with Crippen molar-refractivity contribution >= 4 is 23.7 Å². The monoisotopic (exact) mass is 609 g/mol. The van der Waals surface area contributed by atoms with E-state index in [1.165, 1.54) is 4.90 Å². The first-order valence-electron chi connectivity index (χ1n) is 13.7. The van der Waals surface area contributed by atoms with E-state index < -0.39 is 95.9 Å². The van der Waals surface area contributed by atoms with Crippen LogP contribution in [0.2, 0.25) is 0 Å². The normalized spacial score (nSPS) is 18.3. The maximum atomic E-state index is 14.2. The molecule has 1 fully saturated rings. The number of likely N-dealkylation sites (tertiary alicyclic amines) is 1. The molecule has 1 aliphatic heterocycles. The van der Waals surface area contributed by atoms with E-state index in [1.54, 1.807) is 39.0 Å². The third kappa shape index (κ3) is 8.53. The van der Waals surface area contributed by atoms with Crippen LogP contribution in [0, 0.1) is 17.0 Å². The zero-order valence-corrected chi connectivity index (χ0v) is 24.0. The summed E-state index contributed by atoms with van der Waals surface area (Å²) in [6.07, 6.45) is -5.83. The molecule has 0 aliphatic carbocycles. The first-order valence-corrected chi connectivity index (χ1v) is 13.7. The van der Waals surface area contributed by atoms with Gasteiger partial charge in [0.2, 0.25) is 18.2 Å². The Labute approximate surface area is 246 Å². The predicted octanol–water partition coefficient (Wildman–Crippen LogP) is 3.25. The number of halogens is 4. The highest BCUT2D eigenvalue weighted by Crippen LogP contribution is 2.34. The molecule has 2 aromatic rings. The lowest BCUT2D eigenvalue weighted by molar-refractivity contribution is -0.150. The summed E-state index contributed by atoms with van der Waals surface area (Å²) in [6.45, 7) is 4.62. The predicted molar refractivity (Wildman–Crippen MR) is 147 cm³/mol. The molecule has 3 amide bonds. The molecule has 3 rings (SSSR count). The van der Waals surface area contributed by atoms with Gasteiger partial charge in [-0.05, 0) is 36.0 Å². The molecule has 234 valence electrons. The van der Waals surface area contributed by atoms with Crippen LogP contribution in [0.15, 0.2) is 42.5 Å². The van der Waals surface area contributed by atoms with Crippen LogP contribution in [0.1, 0.15) is 61.0 Å². The Hall–Kier alpha value is -4.00. The molecule has 43 heavy (non-hydrogen) atoms. The minimum Gasteiger partial charge on any atom is -0.478 e. The number of nitrogens with zero attached hydrogens (tertiary/aromatic N) is 1. The van der Waals surface area contributed by atoms with Crippen LogP contribution in [0.4, 0.5) is 17.6 Å². The van der Waals surface area contributed by atoms with Crippen molar-refractivity contribution in [1.82, 2.24) is 15.5 Å². The Morgan fingerprint density at radius 2 is 1.65 bits per heavy atom. The number of hydrogen-bond acceptors (Lipinski definition) is 5. The van der Waals surface area contributed by atoms with Gasteiger partial charge in [0.05, 0.1) is 5.56 Å². The van der Waals surface area contributed by atoms with Crippen molar-refractivity contribution in [3.05, 3.63) is 70.8 Å². The van der Waals surface area contributed by atoms with Crippen LogP contribution in [0.3, 0.4) is 0 Å². The quantitative estimate of drug-likeness (QED) is 0.289. The number of aromatic carboxylic acids is 1. The van der Waals surface area contributed by atoms with E-state index in [1.807, 2.05) is 12.1 Å². The number of aliphatic hydroxyl groups excluding tert-OH is 1. The molecule has 0 radical (unpaired) electrons. The summed E-state index contributed by atoms with van der Waals surface area (Å²) in [6, 6.07) is 7.36. The number of hydrogen-bond donors (Lipinski definition) is 4. The Bertz CT molecular complexity index is 1310. The van der Waals surface area contributed by atoms with Gasteiger partial charge in [0.1, 0.15) is 29.8 Å². The van der Waals surface area contributed by atoms with Gasteiger partial charge in [-0.3, -0.25) is 14.4 Å². The fourth-order valence-corrected chi connectivity index (χ4v) is 4.90. The lowest BCUT2D eigenvalue weighted by Crippen LogP contribution is -2.55. The van der Waals surface area contributed by atoms with E-state index in [0.29, 0.717) is 12.1 Å². The van der Waals surface area contributed by atoms with Crippen LogP contribution in [0.5, 0.6) is 0 Å². The first-order chi connectivity index (χ1) is 20.1. The molecule has 0 unspecified atom stereocenters. The van der Waals surface area contributed by atoms with E-state index in [-0.39, 0.29) is 18.9 Å². The van der Waals surface area contributed by atoms with E-state index in [2.05, 4.69) is 10.6 Å². The van der Waals surface area contributed by atoms with Crippen molar-refractivity contribution in [2.24, 2.45) is 5.41 Å². The van der Waals surface area contributed by atoms with E-state index in [9.17, 15) is 41.8 Å². The number of carboxylic acids is 1. The molecule has 4 atom stereocenters. The summed E-state index contributed by atoms with van der Waals surface area (Å²) in [7, 11) is 0. The number of alkyl halides is 2. The maximum Gasteiger partial charge on any atom is 0.335 e. The van der Waals surface area contributed by atoms with Gasteiger partial charge in [0.15, 0.2) is 0 Å². The molecule has 0 spiro atoms. The summed E-state index contributed by atoms with van der Waals surface area (Å²) in [4.78, 5) is 51.7. The molecule has 13 heteroatoms. The van der Waals surface area contributed by atoms with Crippen LogP contribution >= 0.6 is 0 Å². The molecular formula is C30H35F4N3O6. The van der Waals surface area contributed by atoms with E-state index in [0.717, 1.165) is 5.56 Å². The van der Waals surface area contributed by atoms with Gasteiger partial charge in [-0.2, -0.15) is 0 Å². The van der Waals surface area contributed by atoms with Gasteiger partial charge >= 0.3 is 5.97 Å². The number of carboxylic acid groups (broad SMARTS) is 1. The third-order valence-electron chi connectivity index (χ3n) is 7.32. The highest BCUT2D eigenvalue weighted by molar-refractivity contribution is 5.93. The first kappa shape index (κ1) is 33.5. The summed E-state index contributed by atoms with van der Waals surface area (Å²) in [5.41, 5.74) is -1.14. The van der Waals surface area contributed by atoms with Crippen molar-refractivity contribution in [3.63, 3.8) is 0 Å². The molecule has 1 aliphatic rings. The van der Waals surface area contributed by atoms with Gasteiger partial charge < -0.3 is 25.7 Å². The van der Waals surface area contributed by atoms with Crippen LogP contribution in [0.25, 0.3) is 0 Å². The van der Waals surface area contributed by atoms with Gasteiger partial charge in [-0.15, -0.1) is 0 Å². The highest BCUT2D eigenvalue weighted by Gasteiger charge is 2.45. The van der Waals surface area contributed by atoms with Gasteiger partial charge in [0.25, 0.3) is 5.91 Å². The second-order valence-electron chi connectivity index (χ2n) is 11.6. The lowest BCUT2D eigenvalue weighted by atomic mass is 9.88. The Balaban J connectivity index is 1.75. The SMILES string of the molecule is CC(C)(C)[C@H](O)C(=O)N1C[C@H](c2ccccc2)C[C@H]1C(=O)N[C@@H](CC(F)F)C(=O)NCCc1c(F)cc(C(=O)O)cc1F. The minimum atomic E-state index is -3.00. The second kappa shape index (κ2) is 14.0. The van der Waals surface area contributed by atoms with Gasteiger partial charge in [-0.25, -0.2) is 22.4 Å². The molecule has 1 heterocycles. The molecule has 0 saturated carbocycles. The van der Waals surface area contributed by atoms with Gasteiger partial charge in [0, 0.05) is 31.0 Å². The van der Waals surface area contributed by atoms with Gasteiger partial charge in [-0.1, -0.05) is 51.1 Å². The average Bonchev–Trinajstić information content (AvgIpc) is 3.38. The largest absolute Gasteiger partial charge is 0.478 e. The van der Waals surface area contributed by atoms with E-state index >= 15 is 0 Å². The Morgan fingerprint density at radius 3 is 2.19 bits per heavy atom. The summed E-state index contributed by atoms with van der Waals surface area (Å²) in [5, 5.41) is 24.2. The summed E-state index contributed by atoms with van der Waals surface area (Å²) >= 11 is 0. The topological polar surface area (TPSA) is 136 Å². The number of aliphatic hydroxyl groups is 1. The van der Waals surface area contributed by atoms with Crippen LogP contribution in [-0.4, -0.2) is 76.5 Å².